The van der Waals surface area contributed by atoms with Gasteiger partial charge in [-0.15, -0.1) is 0 Å². The Morgan fingerprint density at radius 3 is 1.54 bits per heavy atom. The van der Waals surface area contributed by atoms with E-state index in [1.807, 2.05) is 0 Å². The first-order chi connectivity index (χ1) is 43.2. The fourth-order valence-corrected chi connectivity index (χ4v) is 11.4. The van der Waals surface area contributed by atoms with Gasteiger partial charge < -0.3 is 175 Å². The van der Waals surface area contributed by atoms with Crippen molar-refractivity contribution in [3.05, 3.63) is 0 Å². The first kappa shape index (κ1) is 77.0. The van der Waals surface area contributed by atoms with Gasteiger partial charge in [0, 0.05) is 32.9 Å². The van der Waals surface area contributed by atoms with Crippen LogP contribution in [0.2, 0.25) is 0 Å². The van der Waals surface area contributed by atoms with Gasteiger partial charge in [-0.3, -0.25) is 14.4 Å². The van der Waals surface area contributed by atoms with Crippen LogP contribution in [0.4, 0.5) is 0 Å². The van der Waals surface area contributed by atoms with Gasteiger partial charge in [0.1, 0.15) is 147 Å². The summed E-state index contributed by atoms with van der Waals surface area (Å²) in [5.74, 6) is -7.39. The number of unbranched alkanes of at least 4 members (excludes halogenated alkanes) is 2. The molecule has 0 bridgehead atoms. The van der Waals surface area contributed by atoms with Crippen molar-refractivity contribution in [2.75, 3.05) is 65.2 Å². The van der Waals surface area contributed by atoms with Gasteiger partial charge in [-0.1, -0.05) is 0 Å². The SMILES string of the molecule is CC(=O)NC1C(O[C@@H]2OC(CO)[C@H](O)C(OC3(C(=O)O)CC(O)C(NC(=O)CO)C([C@H](O)C(O)CO)O3)C2O)[C@@H](O)C(CO)O[C@H]1OC1C(O)[C@@H](O[C@H]2C(CO)O[C@@H](OC3C(O)[C@H](OCCCCCNC(=O)CCS)OC(CO)[C@@H]3O)C(O)C2O)OC(CO)[C@@H]1O. The molecule has 528 valence electrons. The molecule has 91 heavy (non-hydrogen) atoms. The van der Waals surface area contributed by atoms with E-state index in [9.17, 15) is 121 Å². The number of hydrogen-bond donors (Lipinski definition) is 24. The quantitative estimate of drug-likeness (QED) is 0.0226. The maximum absolute atomic E-state index is 13.1. The second-order valence-electron chi connectivity index (χ2n) is 22.4. The third-order valence-electron chi connectivity index (χ3n) is 16.1. The zero-order valence-corrected chi connectivity index (χ0v) is 49.7. The largest absolute Gasteiger partial charge is 0.477 e. The molecule has 0 aromatic carbocycles. The van der Waals surface area contributed by atoms with Crippen LogP contribution in [-0.4, -0.2) is 381 Å². The van der Waals surface area contributed by atoms with Crippen LogP contribution in [-0.2, 0) is 76.0 Å². The minimum Gasteiger partial charge on any atom is -0.477 e. The second kappa shape index (κ2) is 35.3. The number of rotatable bonds is 31. The van der Waals surface area contributed by atoms with Gasteiger partial charge >= 0.3 is 5.97 Å². The zero-order valence-electron chi connectivity index (χ0n) is 48.9. The minimum atomic E-state index is -3.30. The number of carboxylic acid groups (broad SMARTS) is 1. The lowest BCUT2D eigenvalue weighted by Gasteiger charge is -2.51. The fourth-order valence-electron chi connectivity index (χ4n) is 11.2. The van der Waals surface area contributed by atoms with E-state index < -0.39 is 260 Å². The highest BCUT2D eigenvalue weighted by molar-refractivity contribution is 7.80. The molecule has 0 aromatic rings. The number of aliphatic hydroxyl groups is 19. The molecule has 6 fully saturated rings. The second-order valence-corrected chi connectivity index (χ2v) is 22.9. The molecule has 6 heterocycles. The third-order valence-corrected chi connectivity index (χ3v) is 16.3. The number of nitrogens with one attached hydrogen (secondary N) is 3. The molecule has 6 rings (SSSR count). The van der Waals surface area contributed by atoms with Crippen LogP contribution in [0.25, 0.3) is 0 Å². The molecule has 6 aliphatic heterocycles. The van der Waals surface area contributed by atoms with Crippen molar-refractivity contribution < 1.29 is 178 Å². The van der Waals surface area contributed by atoms with Gasteiger partial charge in [0.15, 0.2) is 31.5 Å². The number of amides is 3. The predicted octanol–water partition coefficient (Wildman–Crippen LogP) is -14.0. The van der Waals surface area contributed by atoms with E-state index in [-0.39, 0.29) is 18.9 Å². The van der Waals surface area contributed by atoms with Crippen LogP contribution in [0, 0.1) is 0 Å². The summed E-state index contributed by atoms with van der Waals surface area (Å²) in [4.78, 5) is 50.0. The number of aliphatic hydroxyl groups excluding tert-OH is 19. The van der Waals surface area contributed by atoms with Crippen molar-refractivity contribution in [2.24, 2.45) is 0 Å². The lowest BCUT2D eigenvalue weighted by Crippen LogP contribution is -2.71. The van der Waals surface area contributed by atoms with Crippen molar-refractivity contribution in [3.63, 3.8) is 0 Å². The average Bonchev–Trinajstić information content (AvgIpc) is 0.783. The highest BCUT2D eigenvalue weighted by Gasteiger charge is 2.62. The monoisotopic (exact) mass is 1350 g/mol. The molecule has 0 saturated carbocycles. The van der Waals surface area contributed by atoms with Crippen LogP contribution >= 0.6 is 12.6 Å². The van der Waals surface area contributed by atoms with Crippen molar-refractivity contribution >= 4 is 36.3 Å². The van der Waals surface area contributed by atoms with Gasteiger partial charge in [0.05, 0.1) is 51.8 Å². The van der Waals surface area contributed by atoms with Gasteiger partial charge in [0.2, 0.25) is 17.7 Å². The first-order valence-corrected chi connectivity index (χ1v) is 29.8. The number of ether oxygens (including phenoxy) is 12. The smallest absolute Gasteiger partial charge is 0.364 e. The average molecular weight is 1350 g/mol. The van der Waals surface area contributed by atoms with E-state index in [2.05, 4.69) is 28.6 Å². The number of aliphatic carboxylic acids is 1. The van der Waals surface area contributed by atoms with E-state index in [1.165, 1.54) is 0 Å². The van der Waals surface area contributed by atoms with Crippen molar-refractivity contribution in [1.29, 1.82) is 0 Å². The van der Waals surface area contributed by atoms with Crippen LogP contribution in [0.15, 0.2) is 0 Å². The van der Waals surface area contributed by atoms with Gasteiger partial charge in [0.25, 0.3) is 5.79 Å². The van der Waals surface area contributed by atoms with Gasteiger partial charge in [-0.2, -0.15) is 12.6 Å². The minimum absolute atomic E-state index is 0.0131. The summed E-state index contributed by atoms with van der Waals surface area (Å²) >= 11 is 4.01. The first-order valence-electron chi connectivity index (χ1n) is 29.2. The van der Waals surface area contributed by atoms with E-state index in [0.717, 1.165) is 6.92 Å². The Bertz CT molecular complexity index is 2260. The van der Waals surface area contributed by atoms with Crippen molar-refractivity contribution in [1.82, 2.24) is 16.0 Å². The van der Waals surface area contributed by atoms with E-state index in [0.29, 0.717) is 31.6 Å². The standard InChI is InChI=1S/C51H87N3O36S/c1-17(62)53-28-40(86-49-38(76)44(33(71)23(14-59)83-49)90-51(50(77)78)9-18(63)27(54-26(66)16-61)41(89-51)29(67)19(64)10-55)30(68)20(11-56)80-45(28)87-43-32(70)22(13-58)82-48(37(43)75)85-39-24(15-60)84-47(35(73)34(39)72)88-42-31(69)21(12-57)81-46(36(42)74)79-7-4-2-3-6-52-25(65)5-8-91/h18-24,27-49,55-61,63-64,67-76,91H,2-16H2,1H3,(H,52,65)(H,53,62)(H,54,66)(H,77,78)/t18?,19?,20?,21?,22?,23?,24?,27?,28?,29-,30+,31+,32+,33+,34?,35?,36?,37?,38?,39+,40?,41?,42?,43?,44?,45+,46-,47+,48-,49+,51?/m1/s1. The number of carbonyl (C=O) groups excluding carboxylic acids is 3. The molecule has 0 aromatic heterocycles. The molecule has 6 saturated heterocycles. The van der Waals surface area contributed by atoms with Crippen molar-refractivity contribution in [2.45, 2.75) is 229 Å². The topological polar surface area (TPSA) is 620 Å². The highest BCUT2D eigenvalue weighted by atomic mass is 32.1. The summed E-state index contributed by atoms with van der Waals surface area (Å²) in [6.45, 7) is -6.39. The molecule has 0 radical (unpaired) electrons. The normalized spacial score (nSPS) is 42.9. The Hall–Kier alpha value is -3.01. The molecule has 0 aliphatic carbocycles. The molecule has 6 aliphatic rings. The summed E-state index contributed by atoms with van der Waals surface area (Å²) in [6.07, 6.45) is -57.0. The highest BCUT2D eigenvalue weighted by Crippen LogP contribution is 2.40. The molecule has 20 unspecified atom stereocenters. The summed E-state index contributed by atoms with van der Waals surface area (Å²) in [6, 6.07) is -3.79. The Balaban J connectivity index is 1.19. The van der Waals surface area contributed by atoms with Crippen LogP contribution in [0.5, 0.6) is 0 Å². The fraction of sp³-hybridized carbons (Fsp3) is 0.922. The lowest BCUT2D eigenvalue weighted by atomic mass is 9.88. The van der Waals surface area contributed by atoms with Crippen LogP contribution in [0.1, 0.15) is 39.0 Å². The van der Waals surface area contributed by atoms with Crippen LogP contribution < -0.4 is 16.0 Å². The van der Waals surface area contributed by atoms with Gasteiger partial charge in [-0.05, 0) is 25.0 Å². The number of carboxylic acids is 1. The Morgan fingerprint density at radius 2 is 1.01 bits per heavy atom. The summed E-state index contributed by atoms with van der Waals surface area (Å²) in [5, 5.41) is 225. The van der Waals surface area contributed by atoms with Gasteiger partial charge in [-0.25, -0.2) is 4.79 Å². The van der Waals surface area contributed by atoms with Crippen LogP contribution in [0.3, 0.4) is 0 Å². The van der Waals surface area contributed by atoms with E-state index in [4.69, 9.17) is 56.8 Å². The molecular weight excluding hydrogens is 1260 g/mol. The number of hydrogen-bond acceptors (Lipinski definition) is 36. The molecule has 39 nitrogen and oxygen atoms in total. The molecule has 23 N–H and O–H groups in total. The lowest BCUT2D eigenvalue weighted by molar-refractivity contribution is -0.393. The molecule has 0 spiro atoms. The summed E-state index contributed by atoms with van der Waals surface area (Å²) in [7, 11) is 0. The Morgan fingerprint density at radius 1 is 0.538 bits per heavy atom. The maximum atomic E-state index is 13.1. The molecule has 31 atom stereocenters. The molecule has 3 amide bonds. The maximum Gasteiger partial charge on any atom is 0.364 e. The summed E-state index contributed by atoms with van der Waals surface area (Å²) < 4.78 is 69.1. The summed E-state index contributed by atoms with van der Waals surface area (Å²) in [5.41, 5.74) is 0. The Labute approximate surface area is 523 Å². The molecular formula is C51H87N3O36S. The molecule has 40 heteroatoms. The predicted molar refractivity (Wildman–Crippen MR) is 290 cm³/mol. The Kier molecular flexibility index (Phi) is 29.9. The van der Waals surface area contributed by atoms with E-state index >= 15 is 0 Å². The zero-order chi connectivity index (χ0) is 67.3. The number of thiol groups is 1. The van der Waals surface area contributed by atoms with Crippen molar-refractivity contribution in [3.8, 4) is 0 Å². The number of carbonyl (C=O) groups is 4. The van der Waals surface area contributed by atoms with E-state index in [1.54, 1.807) is 0 Å². The third kappa shape index (κ3) is 18.4.